The van der Waals surface area contributed by atoms with Crippen molar-refractivity contribution in [1.29, 1.82) is 0 Å². The summed E-state index contributed by atoms with van der Waals surface area (Å²) >= 11 is 6.09. The Hall–Kier alpha value is -2.53. The second-order valence-electron chi connectivity index (χ2n) is 5.19. The number of halogens is 1. The fourth-order valence-electron chi connectivity index (χ4n) is 2.09. The molecule has 2 rings (SSSR count). The number of carbonyl (C=O) groups is 2. The van der Waals surface area contributed by atoms with Crippen LogP contribution in [0.1, 0.15) is 18.5 Å². The predicted molar refractivity (Wildman–Crippen MR) is 93.0 cm³/mol. The normalized spacial score (nSPS) is 11.4. The van der Waals surface area contributed by atoms with E-state index in [-0.39, 0.29) is 31.0 Å². The highest BCUT2D eigenvalue weighted by Gasteiger charge is 2.13. The van der Waals surface area contributed by atoms with Crippen molar-refractivity contribution >= 4 is 23.4 Å². The Labute approximate surface area is 146 Å². The van der Waals surface area contributed by atoms with Gasteiger partial charge in [0.05, 0.1) is 12.6 Å². The molecule has 0 aliphatic rings. The van der Waals surface area contributed by atoms with Gasteiger partial charge in [-0.25, -0.2) is 0 Å². The van der Waals surface area contributed by atoms with Crippen LogP contribution in [-0.4, -0.2) is 25.0 Å². The summed E-state index contributed by atoms with van der Waals surface area (Å²) < 4.78 is 5.31. The SMILES string of the molecule is CC(NC(=O)CNC(=O)COc1ccccc1)c1ccccc1Cl. The molecule has 0 saturated heterocycles. The smallest absolute Gasteiger partial charge is 0.258 e. The van der Waals surface area contributed by atoms with E-state index in [4.69, 9.17) is 16.3 Å². The second kappa shape index (κ2) is 8.93. The van der Waals surface area contributed by atoms with Gasteiger partial charge in [0.1, 0.15) is 5.75 Å². The van der Waals surface area contributed by atoms with E-state index in [2.05, 4.69) is 10.6 Å². The van der Waals surface area contributed by atoms with Gasteiger partial charge in [0, 0.05) is 5.02 Å². The Bertz CT molecular complexity index is 692. The van der Waals surface area contributed by atoms with Crippen LogP contribution >= 0.6 is 11.6 Å². The largest absolute Gasteiger partial charge is 0.484 e. The number of hydrogen-bond donors (Lipinski definition) is 2. The summed E-state index contributed by atoms with van der Waals surface area (Å²) in [5.74, 6) is -0.0562. The first-order valence-corrected chi connectivity index (χ1v) is 7.92. The first-order valence-electron chi connectivity index (χ1n) is 7.54. The zero-order chi connectivity index (χ0) is 17.4. The number of para-hydroxylation sites is 1. The molecule has 2 aromatic carbocycles. The number of carbonyl (C=O) groups excluding carboxylic acids is 2. The van der Waals surface area contributed by atoms with Crippen molar-refractivity contribution in [3.63, 3.8) is 0 Å². The van der Waals surface area contributed by atoms with E-state index in [1.165, 1.54) is 0 Å². The maximum atomic E-state index is 11.9. The molecular formula is C18H19ClN2O3. The maximum Gasteiger partial charge on any atom is 0.258 e. The Kier molecular flexibility index (Phi) is 6.63. The molecule has 0 aromatic heterocycles. The average molecular weight is 347 g/mol. The molecule has 0 saturated carbocycles. The zero-order valence-electron chi connectivity index (χ0n) is 13.3. The number of hydrogen-bond acceptors (Lipinski definition) is 3. The molecule has 0 heterocycles. The Morgan fingerprint density at radius 1 is 1.04 bits per heavy atom. The highest BCUT2D eigenvalue weighted by Crippen LogP contribution is 2.21. The molecule has 6 heteroatoms. The van der Waals surface area contributed by atoms with Gasteiger partial charge in [-0.3, -0.25) is 9.59 Å². The lowest BCUT2D eigenvalue weighted by Crippen LogP contribution is -2.39. The molecule has 24 heavy (non-hydrogen) atoms. The van der Waals surface area contributed by atoms with Crippen LogP contribution in [0, 0.1) is 0 Å². The minimum Gasteiger partial charge on any atom is -0.484 e. The summed E-state index contributed by atoms with van der Waals surface area (Å²) in [4.78, 5) is 23.6. The molecule has 0 bridgehead atoms. The molecule has 1 atom stereocenters. The standard InChI is InChI=1S/C18H19ClN2O3/c1-13(15-9-5-6-10-16(15)19)21-17(22)11-20-18(23)12-24-14-7-3-2-4-8-14/h2-10,13H,11-12H2,1H3,(H,20,23)(H,21,22). The van der Waals surface area contributed by atoms with Gasteiger partial charge < -0.3 is 15.4 Å². The van der Waals surface area contributed by atoms with E-state index < -0.39 is 0 Å². The quantitative estimate of drug-likeness (QED) is 0.810. The zero-order valence-corrected chi connectivity index (χ0v) is 14.0. The molecule has 0 aliphatic heterocycles. The third-order valence-corrected chi connectivity index (χ3v) is 3.65. The summed E-state index contributed by atoms with van der Waals surface area (Å²) in [5.41, 5.74) is 0.825. The number of rotatable bonds is 7. The third kappa shape index (κ3) is 5.59. The minimum absolute atomic E-state index is 0.119. The van der Waals surface area contributed by atoms with Gasteiger partial charge >= 0.3 is 0 Å². The molecule has 0 spiro atoms. The van der Waals surface area contributed by atoms with E-state index in [1.54, 1.807) is 18.2 Å². The Morgan fingerprint density at radius 2 is 1.71 bits per heavy atom. The third-order valence-electron chi connectivity index (χ3n) is 3.31. The molecule has 0 aliphatic carbocycles. The molecule has 126 valence electrons. The number of amides is 2. The lowest BCUT2D eigenvalue weighted by atomic mass is 10.1. The minimum atomic E-state index is -0.362. The van der Waals surface area contributed by atoms with E-state index in [9.17, 15) is 9.59 Å². The van der Waals surface area contributed by atoms with Crippen molar-refractivity contribution in [2.45, 2.75) is 13.0 Å². The van der Waals surface area contributed by atoms with Gasteiger partial charge in [-0.1, -0.05) is 48.0 Å². The fraction of sp³-hybridized carbons (Fsp3) is 0.222. The topological polar surface area (TPSA) is 67.4 Å². The summed E-state index contributed by atoms with van der Waals surface area (Å²) in [6, 6.07) is 16.0. The predicted octanol–water partition coefficient (Wildman–Crippen LogP) is 2.71. The molecule has 5 nitrogen and oxygen atoms in total. The van der Waals surface area contributed by atoms with Crippen LogP contribution in [0.2, 0.25) is 5.02 Å². The molecule has 2 amide bonds. The first-order chi connectivity index (χ1) is 11.6. The van der Waals surface area contributed by atoms with Crippen LogP contribution in [0.4, 0.5) is 0 Å². The summed E-state index contributed by atoms with van der Waals surface area (Å²) in [7, 11) is 0. The van der Waals surface area contributed by atoms with E-state index in [0.29, 0.717) is 10.8 Å². The first kappa shape index (κ1) is 17.8. The van der Waals surface area contributed by atoms with Crippen molar-refractivity contribution in [2.24, 2.45) is 0 Å². The van der Waals surface area contributed by atoms with Gasteiger partial charge in [-0.2, -0.15) is 0 Å². The molecular weight excluding hydrogens is 328 g/mol. The number of nitrogens with one attached hydrogen (secondary N) is 2. The van der Waals surface area contributed by atoms with Crippen molar-refractivity contribution in [3.8, 4) is 5.75 Å². The molecule has 1 unspecified atom stereocenters. The molecule has 2 N–H and O–H groups in total. The summed E-state index contributed by atoms with van der Waals surface area (Å²) in [6.07, 6.45) is 0. The van der Waals surface area contributed by atoms with Crippen LogP contribution in [0.15, 0.2) is 54.6 Å². The number of ether oxygens (including phenoxy) is 1. The monoisotopic (exact) mass is 346 g/mol. The molecule has 0 fully saturated rings. The second-order valence-corrected chi connectivity index (χ2v) is 5.60. The van der Waals surface area contributed by atoms with Crippen LogP contribution in [0.5, 0.6) is 5.75 Å². The van der Waals surface area contributed by atoms with Gasteiger partial charge in [0.25, 0.3) is 5.91 Å². The van der Waals surface area contributed by atoms with Gasteiger partial charge in [-0.05, 0) is 30.7 Å². The highest BCUT2D eigenvalue weighted by molar-refractivity contribution is 6.31. The number of benzene rings is 2. The Balaban J connectivity index is 1.72. The van der Waals surface area contributed by atoms with Crippen molar-refractivity contribution in [2.75, 3.05) is 13.2 Å². The molecule has 0 radical (unpaired) electrons. The van der Waals surface area contributed by atoms with Crippen molar-refractivity contribution in [3.05, 3.63) is 65.2 Å². The summed E-state index contributed by atoms with van der Waals surface area (Å²) in [6.45, 7) is 1.57. The lowest BCUT2D eigenvalue weighted by molar-refractivity contribution is -0.127. The van der Waals surface area contributed by atoms with Gasteiger partial charge in [0.2, 0.25) is 5.91 Å². The summed E-state index contributed by atoms with van der Waals surface area (Å²) in [5, 5.41) is 5.89. The van der Waals surface area contributed by atoms with Crippen molar-refractivity contribution in [1.82, 2.24) is 10.6 Å². The van der Waals surface area contributed by atoms with Crippen LogP contribution in [0.25, 0.3) is 0 Å². The lowest BCUT2D eigenvalue weighted by Gasteiger charge is -2.16. The fourth-order valence-corrected chi connectivity index (χ4v) is 2.39. The van der Waals surface area contributed by atoms with Gasteiger partial charge in [-0.15, -0.1) is 0 Å². The Morgan fingerprint density at radius 3 is 2.42 bits per heavy atom. The van der Waals surface area contributed by atoms with Crippen molar-refractivity contribution < 1.29 is 14.3 Å². The van der Waals surface area contributed by atoms with E-state index >= 15 is 0 Å². The highest BCUT2D eigenvalue weighted by atomic mass is 35.5. The molecule has 2 aromatic rings. The van der Waals surface area contributed by atoms with Crippen LogP contribution in [0.3, 0.4) is 0 Å². The maximum absolute atomic E-state index is 11.9. The van der Waals surface area contributed by atoms with Gasteiger partial charge in [0.15, 0.2) is 6.61 Å². The van der Waals surface area contributed by atoms with E-state index in [0.717, 1.165) is 5.56 Å². The van der Waals surface area contributed by atoms with E-state index in [1.807, 2.05) is 43.3 Å². The van der Waals surface area contributed by atoms with Crippen LogP contribution in [-0.2, 0) is 9.59 Å². The van der Waals surface area contributed by atoms with Crippen LogP contribution < -0.4 is 15.4 Å². The average Bonchev–Trinajstić information content (AvgIpc) is 2.59.